The number of hydrogen-bond donors (Lipinski definition) is 2. The van der Waals surface area contributed by atoms with Crippen LogP contribution in [0.25, 0.3) is 0 Å². The first kappa shape index (κ1) is 18.8. The van der Waals surface area contributed by atoms with Crippen LogP contribution >= 0.6 is 8.03 Å². The Kier molecular flexibility index (Phi) is 9.64. The molecule has 0 saturated heterocycles. The number of benzene rings is 1. The molecular formula is C16H25NO4P+. The topological polar surface area (TPSA) is 89.6 Å². The van der Waals surface area contributed by atoms with Gasteiger partial charge in [0.05, 0.1) is 0 Å². The van der Waals surface area contributed by atoms with Gasteiger partial charge in [0.15, 0.2) is 0 Å². The second kappa shape index (κ2) is 11.3. The molecular weight excluding hydrogens is 301 g/mol. The minimum absolute atomic E-state index is 0.378. The number of rotatable bonds is 12. The zero-order valence-electron chi connectivity index (χ0n) is 12.9. The van der Waals surface area contributed by atoms with Gasteiger partial charge in [-0.25, -0.2) is 4.79 Å². The van der Waals surface area contributed by atoms with E-state index in [4.69, 9.17) is 15.4 Å². The molecule has 0 aliphatic rings. The molecule has 1 rings (SSSR count). The number of aryl methyl sites for hydroxylation is 1. The predicted octanol–water partition coefficient (Wildman–Crippen LogP) is 3.48. The highest BCUT2D eigenvalue weighted by Gasteiger charge is 2.21. The second-order valence-corrected chi connectivity index (χ2v) is 6.50. The minimum atomic E-state index is -2.04. The quantitative estimate of drug-likeness (QED) is 0.453. The lowest BCUT2D eigenvalue weighted by Crippen LogP contribution is -1.99. The van der Waals surface area contributed by atoms with Crippen LogP contribution in [0.2, 0.25) is 0 Å². The SMILES string of the molecule is NCc1ccc(CCCCCCCO[P+](=O)CC(=O)O)cc1. The van der Waals surface area contributed by atoms with Crippen molar-refractivity contribution in [3.05, 3.63) is 35.4 Å². The Bertz CT molecular complexity index is 462. The van der Waals surface area contributed by atoms with Crippen LogP contribution in [0.5, 0.6) is 0 Å². The molecule has 5 nitrogen and oxygen atoms in total. The maximum Gasteiger partial charge on any atom is 0.520 e. The van der Waals surface area contributed by atoms with Crippen molar-refractivity contribution in [3.63, 3.8) is 0 Å². The fourth-order valence-electron chi connectivity index (χ4n) is 2.13. The molecule has 1 unspecified atom stereocenters. The molecule has 1 atom stereocenters. The Hall–Kier alpha value is -1.29. The summed E-state index contributed by atoms with van der Waals surface area (Å²) < 4.78 is 16.1. The van der Waals surface area contributed by atoms with E-state index < -0.39 is 20.2 Å². The summed E-state index contributed by atoms with van der Waals surface area (Å²) in [6.07, 6.45) is 5.92. The Morgan fingerprint density at radius 1 is 1.05 bits per heavy atom. The fourth-order valence-corrected chi connectivity index (χ4v) is 2.77. The van der Waals surface area contributed by atoms with Crippen molar-refractivity contribution in [1.29, 1.82) is 0 Å². The molecule has 122 valence electrons. The highest BCUT2D eigenvalue weighted by Crippen LogP contribution is 2.22. The van der Waals surface area contributed by atoms with Gasteiger partial charge in [-0.1, -0.05) is 43.5 Å². The monoisotopic (exact) mass is 326 g/mol. The van der Waals surface area contributed by atoms with E-state index >= 15 is 0 Å². The maximum absolute atomic E-state index is 11.1. The first-order valence-electron chi connectivity index (χ1n) is 7.69. The summed E-state index contributed by atoms with van der Waals surface area (Å²) >= 11 is 0. The van der Waals surface area contributed by atoms with E-state index in [2.05, 4.69) is 24.3 Å². The first-order valence-corrected chi connectivity index (χ1v) is 9.05. The van der Waals surface area contributed by atoms with Gasteiger partial charge in [-0.3, -0.25) is 0 Å². The van der Waals surface area contributed by atoms with Crippen LogP contribution in [0, 0.1) is 0 Å². The zero-order valence-corrected chi connectivity index (χ0v) is 13.8. The normalized spacial score (nSPS) is 11.4. The average Bonchev–Trinajstić information content (AvgIpc) is 2.49. The number of carboxylic acid groups (broad SMARTS) is 1. The molecule has 1 aromatic rings. The maximum atomic E-state index is 11.1. The predicted molar refractivity (Wildman–Crippen MR) is 87.2 cm³/mol. The van der Waals surface area contributed by atoms with Crippen LogP contribution in [-0.4, -0.2) is 23.8 Å². The Morgan fingerprint density at radius 3 is 2.27 bits per heavy atom. The number of carboxylic acids is 1. The van der Waals surface area contributed by atoms with E-state index in [1.54, 1.807) is 0 Å². The Balaban J connectivity index is 1.97. The lowest BCUT2D eigenvalue weighted by molar-refractivity contribution is -0.134. The molecule has 0 fully saturated rings. The van der Waals surface area contributed by atoms with E-state index in [9.17, 15) is 9.36 Å². The minimum Gasteiger partial charge on any atom is -0.478 e. The van der Waals surface area contributed by atoms with E-state index in [0.29, 0.717) is 13.2 Å². The molecule has 1 aromatic carbocycles. The van der Waals surface area contributed by atoms with E-state index in [1.807, 2.05) is 0 Å². The Morgan fingerprint density at radius 2 is 1.64 bits per heavy atom. The van der Waals surface area contributed by atoms with E-state index in [-0.39, 0.29) is 0 Å². The zero-order chi connectivity index (χ0) is 16.2. The molecule has 22 heavy (non-hydrogen) atoms. The van der Waals surface area contributed by atoms with Crippen molar-refractivity contribution in [1.82, 2.24) is 0 Å². The summed E-state index contributed by atoms with van der Waals surface area (Å²) in [5, 5.41) is 8.44. The lowest BCUT2D eigenvalue weighted by atomic mass is 10.0. The number of hydrogen-bond acceptors (Lipinski definition) is 4. The standard InChI is InChI=1S/C16H24NO4P/c17-12-15-9-7-14(8-10-15)6-4-2-1-3-5-11-21-22(20)13-16(18)19/h7-10H,1-6,11-13,17H2/p+1. The van der Waals surface area contributed by atoms with Crippen molar-refractivity contribution in [2.75, 3.05) is 12.8 Å². The van der Waals surface area contributed by atoms with Crippen LogP contribution in [0.4, 0.5) is 0 Å². The van der Waals surface area contributed by atoms with Gasteiger partial charge in [0.25, 0.3) is 6.16 Å². The summed E-state index contributed by atoms with van der Waals surface area (Å²) in [5.41, 5.74) is 8.06. The second-order valence-electron chi connectivity index (χ2n) is 5.26. The van der Waals surface area contributed by atoms with Gasteiger partial charge in [0.2, 0.25) is 0 Å². The highest BCUT2D eigenvalue weighted by atomic mass is 31.1. The van der Waals surface area contributed by atoms with E-state index in [0.717, 1.165) is 44.1 Å². The van der Waals surface area contributed by atoms with E-state index in [1.165, 1.54) is 5.56 Å². The van der Waals surface area contributed by atoms with Crippen LogP contribution in [0.3, 0.4) is 0 Å². The van der Waals surface area contributed by atoms with Crippen LogP contribution in [0.15, 0.2) is 24.3 Å². The largest absolute Gasteiger partial charge is 0.520 e. The van der Waals surface area contributed by atoms with Crippen molar-refractivity contribution in [2.45, 2.75) is 45.1 Å². The highest BCUT2D eigenvalue weighted by molar-refractivity contribution is 7.40. The van der Waals surface area contributed by atoms with Crippen molar-refractivity contribution < 1.29 is 19.0 Å². The summed E-state index contributed by atoms with van der Waals surface area (Å²) in [4.78, 5) is 10.3. The Labute approximate surface area is 132 Å². The number of unbranched alkanes of at least 4 members (excludes halogenated alkanes) is 4. The smallest absolute Gasteiger partial charge is 0.478 e. The molecule has 0 radical (unpaired) electrons. The van der Waals surface area contributed by atoms with Gasteiger partial charge in [-0.15, -0.1) is 4.52 Å². The molecule has 0 aliphatic heterocycles. The van der Waals surface area contributed by atoms with Gasteiger partial charge in [-0.05, 0) is 35.0 Å². The molecule has 0 saturated carbocycles. The van der Waals surface area contributed by atoms with Crippen molar-refractivity contribution in [3.8, 4) is 0 Å². The number of carbonyl (C=O) groups is 1. The molecule has 3 N–H and O–H groups in total. The third kappa shape index (κ3) is 8.88. The van der Waals surface area contributed by atoms with Gasteiger partial charge in [0, 0.05) is 6.54 Å². The van der Waals surface area contributed by atoms with Crippen LogP contribution in [0.1, 0.15) is 43.2 Å². The number of aliphatic carboxylic acids is 1. The molecule has 0 amide bonds. The van der Waals surface area contributed by atoms with Crippen LogP contribution in [-0.2, 0) is 26.8 Å². The molecule has 0 spiro atoms. The molecule has 0 bridgehead atoms. The molecule has 0 aliphatic carbocycles. The molecule has 0 aromatic heterocycles. The average molecular weight is 326 g/mol. The summed E-state index contributed by atoms with van der Waals surface area (Å²) in [5.74, 6) is -1.08. The lowest BCUT2D eigenvalue weighted by Gasteiger charge is -2.03. The van der Waals surface area contributed by atoms with Gasteiger partial charge < -0.3 is 10.8 Å². The van der Waals surface area contributed by atoms with Crippen molar-refractivity contribution in [2.24, 2.45) is 5.73 Å². The third-order valence-electron chi connectivity index (χ3n) is 3.37. The van der Waals surface area contributed by atoms with Crippen molar-refractivity contribution >= 4 is 14.0 Å². The third-order valence-corrected chi connectivity index (χ3v) is 4.37. The van der Waals surface area contributed by atoms with Crippen LogP contribution < -0.4 is 5.73 Å². The molecule has 6 heteroatoms. The summed E-state index contributed by atoms with van der Waals surface area (Å²) in [6, 6.07) is 8.42. The van der Waals surface area contributed by atoms with Gasteiger partial charge in [-0.2, -0.15) is 0 Å². The molecule has 0 heterocycles. The fraction of sp³-hybridized carbons (Fsp3) is 0.562. The summed E-state index contributed by atoms with van der Waals surface area (Å²) in [6.45, 7) is 0.962. The summed E-state index contributed by atoms with van der Waals surface area (Å²) in [7, 11) is -2.04. The van der Waals surface area contributed by atoms with Gasteiger partial charge >= 0.3 is 14.0 Å². The number of nitrogens with two attached hydrogens (primary N) is 1. The van der Waals surface area contributed by atoms with Gasteiger partial charge in [0.1, 0.15) is 6.61 Å². The first-order chi connectivity index (χ1) is 10.6.